The molecule has 0 radical (unpaired) electrons. The topological polar surface area (TPSA) is 399 Å². The number of ether oxygens (including phenoxy) is 7. The van der Waals surface area contributed by atoms with Gasteiger partial charge in [-0.05, 0) is 89.6 Å². The first-order valence-electron chi connectivity index (χ1n) is 27.5. The molecule has 1 fully saturated rings. The first-order valence-corrected chi connectivity index (χ1v) is 34.3. The number of carboxylic acid groups (broad SMARTS) is 1. The summed E-state index contributed by atoms with van der Waals surface area (Å²) in [5.41, 5.74) is 4.45. The molecule has 1 aliphatic carbocycles. The number of anilines is 1. The van der Waals surface area contributed by atoms with E-state index in [0.29, 0.717) is 29.2 Å². The molecule has 10 N–H and O–H groups in total. The van der Waals surface area contributed by atoms with E-state index in [0.717, 1.165) is 39.1 Å². The van der Waals surface area contributed by atoms with Crippen molar-refractivity contribution in [1.29, 1.82) is 0 Å². The van der Waals surface area contributed by atoms with Crippen molar-refractivity contribution in [3.63, 3.8) is 0 Å². The molecule has 4 unspecified atom stereocenters. The summed E-state index contributed by atoms with van der Waals surface area (Å²) in [6.07, 6.45) is 2.06. The van der Waals surface area contributed by atoms with Crippen molar-refractivity contribution < 1.29 is 99.1 Å². The van der Waals surface area contributed by atoms with Crippen LogP contribution in [0.1, 0.15) is 96.7 Å². The van der Waals surface area contributed by atoms with Crippen LogP contribution in [0.5, 0.6) is 5.75 Å². The minimum atomic E-state index is -5.80. The van der Waals surface area contributed by atoms with Gasteiger partial charge in [0.1, 0.15) is 29.8 Å². The summed E-state index contributed by atoms with van der Waals surface area (Å²) in [5, 5.41) is 23.0. The van der Waals surface area contributed by atoms with Crippen LogP contribution in [0.15, 0.2) is 75.2 Å². The van der Waals surface area contributed by atoms with E-state index in [1.165, 1.54) is 40.8 Å². The van der Waals surface area contributed by atoms with Gasteiger partial charge < -0.3 is 79.1 Å². The van der Waals surface area contributed by atoms with Gasteiger partial charge in [-0.2, -0.15) is 8.62 Å². The van der Waals surface area contributed by atoms with Crippen LogP contribution in [0.4, 0.5) is 5.69 Å². The van der Waals surface area contributed by atoms with Crippen molar-refractivity contribution in [2.24, 2.45) is 0 Å². The second kappa shape index (κ2) is 32.8. The molecule has 2 aliphatic heterocycles. The monoisotopic (exact) mass is 1320 g/mol. The maximum Gasteiger partial charge on any atom is 0.490 e. The van der Waals surface area contributed by atoms with E-state index in [1.54, 1.807) is 12.1 Å². The largest absolute Gasteiger partial charge is 0.490 e. The summed E-state index contributed by atoms with van der Waals surface area (Å²) in [6, 6.07) is 8.56. The van der Waals surface area contributed by atoms with Crippen molar-refractivity contribution in [2.75, 3.05) is 96.9 Å². The highest BCUT2D eigenvalue weighted by molar-refractivity contribution is 8.77. The highest BCUT2D eigenvalue weighted by atomic mass is 33.1. The van der Waals surface area contributed by atoms with Crippen molar-refractivity contribution in [1.82, 2.24) is 25.5 Å². The molecule has 29 nitrogen and oxygen atoms in total. The molecule has 0 spiro atoms. The van der Waals surface area contributed by atoms with E-state index in [4.69, 9.17) is 47.5 Å². The Balaban J connectivity index is 0.827. The number of H-pyrrole nitrogens is 1. The summed E-state index contributed by atoms with van der Waals surface area (Å²) in [7, 11) is -14.3. The van der Waals surface area contributed by atoms with Crippen molar-refractivity contribution in [3.05, 3.63) is 120 Å². The van der Waals surface area contributed by atoms with Crippen LogP contribution in [0.25, 0.3) is 5.57 Å². The number of carbonyl (C=O) groups is 3. The van der Waals surface area contributed by atoms with Gasteiger partial charge in [0.2, 0.25) is 5.91 Å². The SMILES string of the molecule is CCNc1cc2c(cc1C)C(c1ccc(C(=O)NCCOCCOCCOCCOCCC(=O)NCC(C)(C)SSCOC3C[C@H](n4cc(C)c(=O)[nH]c4=O)O[C@@H]3COP(=O)(O)OP(=O)(O)OP(=O)(O)O)cc1C(=O)O)=C1C=C(C)C(NCC)C=C1O2. The number of aromatic carboxylic acids is 1. The molecule has 0 bridgehead atoms. The van der Waals surface area contributed by atoms with Crippen molar-refractivity contribution in [2.45, 2.75) is 90.5 Å². The molecular weight excluding hydrogens is 1250 g/mol. The number of aryl methyl sites for hydroxylation is 2. The number of nitrogens with one attached hydrogen (secondary N) is 5. The molecule has 2 amide bonds. The van der Waals surface area contributed by atoms with Crippen LogP contribution >= 0.6 is 45.1 Å². The van der Waals surface area contributed by atoms with Gasteiger partial charge in [-0.25, -0.2) is 23.3 Å². The summed E-state index contributed by atoms with van der Waals surface area (Å²) >= 11 is 0. The number of hydrogen-bond acceptors (Lipinski definition) is 22. The lowest BCUT2D eigenvalue weighted by Gasteiger charge is -2.31. The van der Waals surface area contributed by atoms with Gasteiger partial charge in [-0.15, -0.1) is 0 Å². The number of carboxylic acids is 1. The van der Waals surface area contributed by atoms with E-state index in [2.05, 4.69) is 34.9 Å². The van der Waals surface area contributed by atoms with Gasteiger partial charge >= 0.3 is 35.1 Å². The minimum absolute atomic E-state index is 0.0188. The van der Waals surface area contributed by atoms with Gasteiger partial charge in [0.25, 0.3) is 11.5 Å². The third-order valence-electron chi connectivity index (χ3n) is 13.0. The molecule has 6 rings (SSSR count). The van der Waals surface area contributed by atoms with E-state index >= 15 is 0 Å². The maximum absolute atomic E-state index is 13.3. The molecule has 1 aromatic heterocycles. The number of carbonyl (C=O) groups excluding carboxylic acids is 2. The van der Waals surface area contributed by atoms with E-state index in [-0.39, 0.29) is 113 Å². The number of phosphoric ester groups is 1. The predicted octanol–water partition coefficient (Wildman–Crippen LogP) is 5.44. The second-order valence-corrected chi connectivity index (χ2v) is 27.7. The summed E-state index contributed by atoms with van der Waals surface area (Å²) < 4.78 is 88.7. The molecule has 34 heteroatoms. The Morgan fingerprint density at radius 3 is 2.17 bits per heavy atom. The van der Waals surface area contributed by atoms with Crippen LogP contribution in [0, 0.1) is 13.8 Å². The first kappa shape index (κ1) is 71.3. The molecule has 3 aliphatic rings. The number of nitrogens with zero attached hydrogens (tertiary/aromatic N) is 1. The van der Waals surface area contributed by atoms with Crippen LogP contribution in [-0.4, -0.2) is 167 Å². The fraction of sp³-hybridized carbons (Fsp3) is 0.528. The third kappa shape index (κ3) is 22.0. The maximum atomic E-state index is 13.3. The number of aromatic amines is 1. The molecule has 482 valence electrons. The summed E-state index contributed by atoms with van der Waals surface area (Å²) in [4.78, 5) is 103. The van der Waals surface area contributed by atoms with Crippen molar-refractivity contribution in [3.8, 4) is 5.75 Å². The molecule has 3 heterocycles. The second-order valence-electron chi connectivity index (χ2n) is 20.4. The smallest absolute Gasteiger partial charge is 0.478 e. The average Bonchev–Trinajstić information content (AvgIpc) is 1.24. The molecule has 0 saturated carbocycles. The number of hydrogen-bond donors (Lipinski definition) is 10. The fourth-order valence-corrected chi connectivity index (χ4v) is 14.1. The van der Waals surface area contributed by atoms with Crippen molar-refractivity contribution >= 4 is 74.1 Å². The number of fused-ring (bicyclic) bond motifs is 2. The number of benzene rings is 2. The van der Waals surface area contributed by atoms with E-state index < -0.39 is 76.4 Å². The number of phosphoric acid groups is 3. The van der Waals surface area contributed by atoms with E-state index in [9.17, 15) is 52.6 Å². The number of allylic oxidation sites excluding steroid dienone is 1. The van der Waals surface area contributed by atoms with Crippen LogP contribution in [-0.2, 0) is 60.1 Å². The number of aromatic nitrogens is 2. The number of likely N-dealkylation sites (N-methyl/N-ethyl adjacent to an activating group) is 1. The Kier molecular flexibility index (Phi) is 26.8. The highest BCUT2D eigenvalue weighted by Crippen LogP contribution is 2.66. The number of amides is 2. The van der Waals surface area contributed by atoms with Crippen LogP contribution in [0.2, 0.25) is 0 Å². The lowest BCUT2D eigenvalue weighted by molar-refractivity contribution is -0.122. The molecule has 6 atom stereocenters. The van der Waals surface area contributed by atoms with Gasteiger partial charge in [0.05, 0.1) is 77.2 Å². The van der Waals surface area contributed by atoms with Gasteiger partial charge in [0, 0.05) is 83.0 Å². The minimum Gasteiger partial charge on any atom is -0.478 e. The molecule has 2 aromatic carbocycles. The van der Waals surface area contributed by atoms with Gasteiger partial charge in [-0.1, -0.05) is 40.2 Å². The normalized spacial score (nSPS) is 19.0. The lowest BCUT2D eigenvalue weighted by atomic mass is 9.82. The Hall–Kier alpha value is -4.82. The third-order valence-corrected chi connectivity index (χ3v) is 19.8. The number of rotatable bonds is 37. The summed E-state index contributed by atoms with van der Waals surface area (Å²) in [5.74, 6) is -0.694. The van der Waals surface area contributed by atoms with Crippen LogP contribution in [0.3, 0.4) is 0 Å². The Labute approximate surface area is 509 Å². The zero-order valence-electron chi connectivity index (χ0n) is 48.9. The lowest BCUT2D eigenvalue weighted by Crippen LogP contribution is -2.36. The highest BCUT2D eigenvalue weighted by Gasteiger charge is 2.44. The van der Waals surface area contributed by atoms with Crippen LogP contribution < -0.4 is 37.3 Å². The quantitative estimate of drug-likeness (QED) is 0.0149. The predicted molar refractivity (Wildman–Crippen MR) is 321 cm³/mol. The standard InChI is InChI=1S/C53H75N6O23P3S2/c1-8-54-40-25-42-38(22-32(40)3)48(39-23-33(4)41(55-9-2)26-43(39)79-42)36-11-10-35(24-37(36)51(63)64)50(62)56-13-15-74-17-19-76-21-20-75-18-16-73-14-12-46(60)57-30-53(6,7)87-86-31-77-44-27-47(59-28-34(5)49(61)58-52(59)65)80-45(44)29-78-84(69,70)82-85(71,72)81-83(66,67)68/h10-11,22-26,28,40,44-45,47,54-55H,8-9,12-21,27,29-31H2,1-7H3,(H,56,62)(H,57,60)(H,63,64)(H,69,70)(H,71,72)(H,58,61,65)(H2,66,67,68)/t40?,44?,45-,47-/m1/s1. The Morgan fingerprint density at radius 2 is 1.52 bits per heavy atom. The molecule has 1 saturated heterocycles. The van der Waals surface area contributed by atoms with Gasteiger partial charge in [-0.3, -0.25) is 28.5 Å². The average molecular weight is 1320 g/mol. The van der Waals surface area contributed by atoms with Gasteiger partial charge in [0.15, 0.2) is 0 Å². The Morgan fingerprint density at radius 1 is 0.839 bits per heavy atom. The zero-order chi connectivity index (χ0) is 63.7. The van der Waals surface area contributed by atoms with E-state index in [1.807, 2.05) is 65.8 Å². The molecular formula is C53H75N6O23P3S2. The molecule has 87 heavy (non-hydrogen) atoms. The summed E-state index contributed by atoms with van der Waals surface area (Å²) in [6.45, 7) is 16.2. The molecule has 3 aromatic rings. The Bertz CT molecular complexity index is 3300. The zero-order valence-corrected chi connectivity index (χ0v) is 53.2. The fourth-order valence-electron chi connectivity index (χ4n) is 8.93. The first-order chi connectivity index (χ1) is 41.1.